The first kappa shape index (κ1) is 23.5. The van der Waals surface area contributed by atoms with E-state index in [9.17, 15) is 20.2 Å². The number of para-hydroxylation sites is 1. The second-order valence-corrected chi connectivity index (χ2v) is 7.92. The predicted octanol–water partition coefficient (Wildman–Crippen LogP) is 6.53. The summed E-state index contributed by atoms with van der Waals surface area (Å²) in [5.74, 6) is -0.143. The number of non-ortho nitro benzene ring substituents is 1. The lowest BCUT2D eigenvalue weighted by molar-refractivity contribution is -0.384. The van der Waals surface area contributed by atoms with Gasteiger partial charge in [0.2, 0.25) is 0 Å². The van der Waals surface area contributed by atoms with Gasteiger partial charge < -0.3 is 10.1 Å². The number of nitro groups is 1. The van der Waals surface area contributed by atoms with Gasteiger partial charge in [-0.25, -0.2) is 0 Å². The van der Waals surface area contributed by atoms with Gasteiger partial charge in [0.15, 0.2) is 0 Å². The maximum absolute atomic E-state index is 12.9. The topological polar surface area (TPSA) is 105 Å². The minimum absolute atomic E-state index is 0.00808. The molecule has 0 aliphatic rings. The summed E-state index contributed by atoms with van der Waals surface area (Å²) in [6.45, 7) is 0.144. The van der Waals surface area contributed by atoms with E-state index in [1.54, 1.807) is 42.5 Å². The van der Waals surface area contributed by atoms with Crippen molar-refractivity contribution < 1.29 is 14.5 Å². The first-order chi connectivity index (χ1) is 17.0. The van der Waals surface area contributed by atoms with Crippen LogP contribution in [0.2, 0.25) is 5.02 Å². The van der Waals surface area contributed by atoms with Crippen LogP contribution < -0.4 is 10.1 Å². The lowest BCUT2D eigenvalue weighted by Gasteiger charge is -2.13. The fourth-order valence-corrected chi connectivity index (χ4v) is 3.65. The predicted molar refractivity (Wildman–Crippen MR) is 135 cm³/mol. The molecule has 0 aromatic heterocycles. The Kier molecular flexibility index (Phi) is 7.05. The van der Waals surface area contributed by atoms with E-state index in [0.717, 1.165) is 16.3 Å². The highest BCUT2D eigenvalue weighted by atomic mass is 35.5. The third-order valence-corrected chi connectivity index (χ3v) is 5.58. The number of benzene rings is 4. The molecule has 4 aromatic rings. The SMILES string of the molecule is N#C/C(=C\c1c(OCc2ccc([N+](=O)[O-])cc2)ccc2ccccc12)C(=O)Nc1ccccc1Cl. The lowest BCUT2D eigenvalue weighted by atomic mass is 10.0. The molecule has 1 amide bonds. The average molecular weight is 484 g/mol. The summed E-state index contributed by atoms with van der Waals surface area (Å²) < 4.78 is 6.02. The second-order valence-electron chi connectivity index (χ2n) is 7.51. The minimum Gasteiger partial charge on any atom is -0.488 e. The maximum Gasteiger partial charge on any atom is 0.269 e. The van der Waals surface area contributed by atoms with Gasteiger partial charge in [-0.2, -0.15) is 5.26 Å². The van der Waals surface area contributed by atoms with Crippen molar-refractivity contribution in [1.29, 1.82) is 5.26 Å². The quantitative estimate of drug-likeness (QED) is 0.139. The Balaban J connectivity index is 1.68. The number of hydrogen-bond acceptors (Lipinski definition) is 5. The molecule has 0 unspecified atom stereocenters. The Labute approximate surface area is 206 Å². The summed E-state index contributed by atoms with van der Waals surface area (Å²) in [6.07, 6.45) is 1.49. The Morgan fingerprint density at radius 2 is 1.74 bits per heavy atom. The standard InChI is InChI=1S/C27H18ClN3O4/c28-24-7-3-4-8-25(24)30-27(32)20(16-29)15-23-22-6-2-1-5-19(22)11-14-26(23)35-17-18-9-12-21(13-10-18)31(33)34/h1-15H,17H2,(H,30,32)/b20-15+. The molecule has 0 saturated heterocycles. The van der Waals surface area contributed by atoms with Crippen molar-refractivity contribution in [3.8, 4) is 11.8 Å². The number of carbonyl (C=O) groups is 1. The zero-order valence-electron chi connectivity index (χ0n) is 18.3. The first-order valence-corrected chi connectivity index (χ1v) is 10.9. The summed E-state index contributed by atoms with van der Waals surface area (Å²) in [5, 5.41) is 25.3. The first-order valence-electron chi connectivity index (χ1n) is 10.5. The fourth-order valence-electron chi connectivity index (χ4n) is 3.47. The van der Waals surface area contributed by atoms with Gasteiger partial charge in [0, 0.05) is 17.7 Å². The Morgan fingerprint density at radius 3 is 2.46 bits per heavy atom. The molecule has 172 valence electrons. The van der Waals surface area contributed by atoms with Crippen molar-refractivity contribution in [1.82, 2.24) is 0 Å². The van der Waals surface area contributed by atoms with Crippen LogP contribution in [0, 0.1) is 21.4 Å². The van der Waals surface area contributed by atoms with Crippen molar-refractivity contribution in [2.24, 2.45) is 0 Å². The molecule has 0 saturated carbocycles. The summed E-state index contributed by atoms with van der Waals surface area (Å²) >= 11 is 6.13. The van der Waals surface area contributed by atoms with Crippen LogP contribution in [0.1, 0.15) is 11.1 Å². The van der Waals surface area contributed by atoms with E-state index >= 15 is 0 Å². The van der Waals surface area contributed by atoms with Crippen LogP contribution in [0.15, 0.2) is 90.5 Å². The van der Waals surface area contributed by atoms with E-state index in [-0.39, 0.29) is 17.9 Å². The van der Waals surface area contributed by atoms with Gasteiger partial charge in [-0.15, -0.1) is 0 Å². The number of halogens is 1. The van der Waals surface area contributed by atoms with E-state index in [1.165, 1.54) is 18.2 Å². The third kappa shape index (κ3) is 5.46. The largest absolute Gasteiger partial charge is 0.488 e. The van der Waals surface area contributed by atoms with Gasteiger partial charge in [0.1, 0.15) is 24.0 Å². The summed E-state index contributed by atoms with van der Waals surface area (Å²) in [6, 6.07) is 26.0. The molecule has 0 heterocycles. The number of anilines is 1. The molecule has 0 aliphatic carbocycles. The molecule has 0 atom stereocenters. The fraction of sp³-hybridized carbons (Fsp3) is 0.0370. The van der Waals surface area contributed by atoms with E-state index < -0.39 is 10.8 Å². The van der Waals surface area contributed by atoms with E-state index in [1.807, 2.05) is 36.4 Å². The number of rotatable bonds is 7. The average Bonchev–Trinajstić information content (AvgIpc) is 2.87. The van der Waals surface area contributed by atoms with Gasteiger partial charge in [-0.05, 0) is 52.7 Å². The number of carbonyl (C=O) groups excluding carboxylic acids is 1. The molecule has 0 fully saturated rings. The number of nitrogens with one attached hydrogen (secondary N) is 1. The molecule has 4 aromatic carbocycles. The molecular formula is C27H18ClN3O4. The summed E-state index contributed by atoms with van der Waals surface area (Å²) in [5.41, 5.74) is 1.56. The number of ether oxygens (including phenoxy) is 1. The van der Waals surface area contributed by atoms with Crippen molar-refractivity contribution in [2.45, 2.75) is 6.61 Å². The highest BCUT2D eigenvalue weighted by molar-refractivity contribution is 6.34. The molecule has 7 nitrogen and oxygen atoms in total. The Morgan fingerprint density at radius 1 is 1.03 bits per heavy atom. The molecule has 35 heavy (non-hydrogen) atoms. The number of nitriles is 1. The lowest BCUT2D eigenvalue weighted by Crippen LogP contribution is -2.13. The smallest absolute Gasteiger partial charge is 0.269 e. The minimum atomic E-state index is -0.602. The molecule has 0 bridgehead atoms. The zero-order valence-corrected chi connectivity index (χ0v) is 19.0. The van der Waals surface area contributed by atoms with E-state index in [4.69, 9.17) is 16.3 Å². The van der Waals surface area contributed by atoms with Crippen LogP contribution in [-0.4, -0.2) is 10.8 Å². The van der Waals surface area contributed by atoms with Gasteiger partial charge >= 0.3 is 0 Å². The summed E-state index contributed by atoms with van der Waals surface area (Å²) in [4.78, 5) is 23.3. The monoisotopic (exact) mass is 483 g/mol. The van der Waals surface area contributed by atoms with Gasteiger partial charge in [0.05, 0.1) is 15.6 Å². The number of fused-ring (bicyclic) bond motifs is 1. The number of nitrogens with zero attached hydrogens (tertiary/aromatic N) is 2. The second kappa shape index (κ2) is 10.5. The molecule has 0 spiro atoms. The van der Waals surface area contributed by atoms with Gasteiger partial charge in [-0.1, -0.05) is 54.1 Å². The van der Waals surface area contributed by atoms with E-state index in [0.29, 0.717) is 22.0 Å². The van der Waals surface area contributed by atoms with Crippen molar-refractivity contribution >= 4 is 45.7 Å². The zero-order chi connectivity index (χ0) is 24.8. The summed E-state index contributed by atoms with van der Waals surface area (Å²) in [7, 11) is 0. The van der Waals surface area contributed by atoms with Crippen LogP contribution in [-0.2, 0) is 11.4 Å². The molecule has 4 rings (SSSR count). The third-order valence-electron chi connectivity index (χ3n) is 5.25. The molecule has 1 N–H and O–H groups in total. The highest BCUT2D eigenvalue weighted by Crippen LogP contribution is 2.31. The highest BCUT2D eigenvalue weighted by Gasteiger charge is 2.15. The number of nitro benzene ring substituents is 1. The molecular weight excluding hydrogens is 466 g/mol. The van der Waals surface area contributed by atoms with Gasteiger partial charge in [0.25, 0.3) is 11.6 Å². The molecule has 0 radical (unpaired) electrons. The van der Waals surface area contributed by atoms with E-state index in [2.05, 4.69) is 5.32 Å². The van der Waals surface area contributed by atoms with Crippen LogP contribution in [0.5, 0.6) is 5.75 Å². The van der Waals surface area contributed by atoms with Crippen LogP contribution in [0.25, 0.3) is 16.8 Å². The maximum atomic E-state index is 12.9. The normalized spacial score (nSPS) is 11.0. The number of hydrogen-bond donors (Lipinski definition) is 1. The van der Waals surface area contributed by atoms with Crippen molar-refractivity contribution in [2.75, 3.05) is 5.32 Å². The molecule has 0 aliphatic heterocycles. The van der Waals surface area contributed by atoms with Crippen LogP contribution >= 0.6 is 11.6 Å². The van der Waals surface area contributed by atoms with Crippen LogP contribution in [0.3, 0.4) is 0 Å². The Hall–Kier alpha value is -4.67. The number of amides is 1. The van der Waals surface area contributed by atoms with Gasteiger partial charge in [-0.3, -0.25) is 14.9 Å². The van der Waals surface area contributed by atoms with Crippen LogP contribution in [0.4, 0.5) is 11.4 Å². The van der Waals surface area contributed by atoms with Crippen molar-refractivity contribution in [3.05, 3.63) is 117 Å². The molecule has 8 heteroatoms. The van der Waals surface area contributed by atoms with Crippen molar-refractivity contribution in [3.63, 3.8) is 0 Å². The Bertz CT molecular complexity index is 1490.